The normalized spacial score (nSPS) is 10.0. The minimum absolute atomic E-state index is 0.0577. The molecule has 0 fully saturated rings. The van der Waals surface area contributed by atoms with Crippen molar-refractivity contribution in [1.82, 2.24) is 15.0 Å². The quantitative estimate of drug-likeness (QED) is 0.630. The highest BCUT2D eigenvalue weighted by Crippen LogP contribution is 2.29. The van der Waals surface area contributed by atoms with Gasteiger partial charge in [0.15, 0.2) is 0 Å². The van der Waals surface area contributed by atoms with Gasteiger partial charge in [0.25, 0.3) is 5.91 Å². The van der Waals surface area contributed by atoms with Crippen molar-refractivity contribution in [3.63, 3.8) is 0 Å². The number of aromatic carboxylic acids is 1. The molecule has 0 aliphatic rings. The molecule has 10 heteroatoms. The Bertz CT molecular complexity index is 1170. The van der Waals surface area contributed by atoms with E-state index in [1.807, 2.05) is 6.07 Å². The summed E-state index contributed by atoms with van der Waals surface area (Å²) in [5.74, 6) is -1.61. The van der Waals surface area contributed by atoms with Crippen molar-refractivity contribution in [3.05, 3.63) is 59.5 Å². The first-order valence-electron chi connectivity index (χ1n) is 8.46. The first-order valence-corrected chi connectivity index (χ1v) is 8.46. The molecule has 2 heterocycles. The van der Waals surface area contributed by atoms with Crippen LogP contribution < -0.4 is 14.8 Å². The maximum atomic E-state index is 12.7. The fourth-order valence-electron chi connectivity index (χ4n) is 2.61. The Morgan fingerprint density at radius 3 is 2.60 bits per heavy atom. The lowest BCUT2D eigenvalue weighted by molar-refractivity contribution is 0.0698. The van der Waals surface area contributed by atoms with Gasteiger partial charge in [-0.05, 0) is 24.3 Å². The van der Waals surface area contributed by atoms with Gasteiger partial charge >= 0.3 is 12.0 Å². The fourth-order valence-corrected chi connectivity index (χ4v) is 2.61. The van der Waals surface area contributed by atoms with Crippen LogP contribution in [0.1, 0.15) is 26.3 Å². The van der Waals surface area contributed by atoms with Crippen molar-refractivity contribution in [2.75, 3.05) is 19.5 Å². The molecule has 0 aliphatic heterocycles. The predicted molar refractivity (Wildman–Crippen MR) is 104 cm³/mol. The van der Waals surface area contributed by atoms with E-state index in [9.17, 15) is 14.7 Å². The van der Waals surface area contributed by atoms with Gasteiger partial charge in [0, 0.05) is 24.2 Å². The van der Waals surface area contributed by atoms with E-state index in [-0.39, 0.29) is 34.3 Å². The summed E-state index contributed by atoms with van der Waals surface area (Å²) in [7, 11) is 2.86. The number of ether oxygens (including phenoxy) is 2. The Labute approximate surface area is 170 Å². The summed E-state index contributed by atoms with van der Waals surface area (Å²) < 4.78 is 10.2. The van der Waals surface area contributed by atoms with E-state index < -0.39 is 11.9 Å². The van der Waals surface area contributed by atoms with Crippen LogP contribution >= 0.6 is 0 Å². The van der Waals surface area contributed by atoms with Gasteiger partial charge in [0.2, 0.25) is 5.88 Å². The molecule has 0 spiro atoms. The number of benzene rings is 1. The van der Waals surface area contributed by atoms with E-state index in [0.717, 1.165) is 0 Å². The number of amides is 1. The summed E-state index contributed by atoms with van der Waals surface area (Å²) in [6.45, 7) is 0. The fraction of sp³-hybridized carbons (Fsp3) is 0.100. The minimum atomic E-state index is -1.27. The first kappa shape index (κ1) is 20.2. The second kappa shape index (κ2) is 8.66. The number of nitrogens with zero attached hydrogens (tertiary/aromatic N) is 4. The van der Waals surface area contributed by atoms with Crippen LogP contribution in [-0.2, 0) is 0 Å². The second-order valence-corrected chi connectivity index (χ2v) is 5.87. The lowest BCUT2D eigenvalue weighted by Gasteiger charge is -2.11. The molecule has 2 N–H and O–H groups in total. The van der Waals surface area contributed by atoms with Crippen LogP contribution in [0.3, 0.4) is 0 Å². The van der Waals surface area contributed by atoms with Crippen LogP contribution in [0.15, 0.2) is 42.9 Å². The molecule has 150 valence electrons. The molecule has 3 aromatic rings. The zero-order valence-corrected chi connectivity index (χ0v) is 15.9. The number of carboxylic acids is 1. The maximum Gasteiger partial charge on any atom is 0.337 e. The van der Waals surface area contributed by atoms with Crippen LogP contribution in [0.2, 0.25) is 0 Å². The van der Waals surface area contributed by atoms with Crippen LogP contribution in [-0.4, -0.2) is 46.2 Å². The summed E-state index contributed by atoms with van der Waals surface area (Å²) in [6.07, 6.45) is 4.32. The average molecular weight is 405 g/mol. The molecule has 0 saturated carbocycles. The summed E-state index contributed by atoms with van der Waals surface area (Å²) in [4.78, 5) is 36.4. The molecule has 2 aromatic heterocycles. The monoisotopic (exact) mass is 405 g/mol. The number of nitriles is 1. The third-order valence-electron chi connectivity index (χ3n) is 4.05. The Hall–Kier alpha value is -4.52. The van der Waals surface area contributed by atoms with Crippen molar-refractivity contribution >= 4 is 17.6 Å². The van der Waals surface area contributed by atoms with Gasteiger partial charge in [-0.15, -0.1) is 0 Å². The number of anilines is 1. The van der Waals surface area contributed by atoms with Crippen molar-refractivity contribution < 1.29 is 24.2 Å². The number of pyridine rings is 1. The average Bonchev–Trinajstić information content (AvgIpc) is 2.78. The molecular weight excluding hydrogens is 390 g/mol. The number of aromatic nitrogens is 3. The molecule has 30 heavy (non-hydrogen) atoms. The molecule has 1 amide bonds. The molecule has 3 rings (SSSR count). The largest absolute Gasteiger partial charge is 0.480 e. The van der Waals surface area contributed by atoms with E-state index in [2.05, 4.69) is 20.3 Å². The number of hydrogen-bond acceptors (Lipinski definition) is 8. The van der Waals surface area contributed by atoms with Crippen LogP contribution in [0.5, 0.6) is 11.9 Å². The zero-order chi connectivity index (χ0) is 21.7. The summed E-state index contributed by atoms with van der Waals surface area (Å²) in [5.41, 5.74) is 1.20. The molecule has 0 aliphatic carbocycles. The molecular formula is C20H15N5O5. The van der Waals surface area contributed by atoms with Crippen molar-refractivity contribution in [2.45, 2.75) is 0 Å². The molecule has 0 radical (unpaired) electrons. The number of carbonyl (C=O) groups excluding carboxylic acids is 1. The number of carbonyl (C=O) groups is 2. The van der Waals surface area contributed by atoms with Gasteiger partial charge in [-0.25, -0.2) is 9.78 Å². The number of hydrogen-bond donors (Lipinski definition) is 2. The highest BCUT2D eigenvalue weighted by atomic mass is 16.5. The SMILES string of the molecule is COc1ncc(-c2cncc(C(=O)Nc3ccc(C#N)cc3C(=O)O)c2)c(OC)n1. The highest BCUT2D eigenvalue weighted by Gasteiger charge is 2.17. The summed E-state index contributed by atoms with van der Waals surface area (Å²) in [6, 6.07) is 7.48. The van der Waals surface area contributed by atoms with Gasteiger partial charge in [-0.3, -0.25) is 9.78 Å². The number of rotatable bonds is 6. The van der Waals surface area contributed by atoms with Crippen LogP contribution in [0.25, 0.3) is 11.1 Å². The molecule has 0 unspecified atom stereocenters. The Kier molecular flexibility index (Phi) is 5.84. The third kappa shape index (κ3) is 4.15. The number of nitrogens with one attached hydrogen (secondary N) is 1. The predicted octanol–water partition coefficient (Wildman–Crippen LogP) is 2.38. The van der Waals surface area contributed by atoms with Crippen molar-refractivity contribution in [3.8, 4) is 29.1 Å². The van der Waals surface area contributed by atoms with E-state index in [1.54, 1.807) is 6.07 Å². The van der Waals surface area contributed by atoms with E-state index in [4.69, 9.17) is 14.7 Å². The minimum Gasteiger partial charge on any atom is -0.480 e. The van der Waals surface area contributed by atoms with Gasteiger partial charge < -0.3 is 19.9 Å². The van der Waals surface area contributed by atoms with Crippen molar-refractivity contribution in [1.29, 1.82) is 5.26 Å². The van der Waals surface area contributed by atoms with Crippen LogP contribution in [0, 0.1) is 11.3 Å². The molecule has 1 aromatic carbocycles. The maximum absolute atomic E-state index is 12.7. The van der Waals surface area contributed by atoms with Crippen LogP contribution in [0.4, 0.5) is 5.69 Å². The zero-order valence-electron chi connectivity index (χ0n) is 15.9. The lowest BCUT2D eigenvalue weighted by atomic mass is 10.1. The van der Waals surface area contributed by atoms with Gasteiger partial charge in [-0.1, -0.05) is 0 Å². The molecule has 0 saturated heterocycles. The molecule has 10 nitrogen and oxygen atoms in total. The Morgan fingerprint density at radius 1 is 1.13 bits per heavy atom. The summed E-state index contributed by atoms with van der Waals surface area (Å²) in [5, 5.41) is 20.8. The Morgan fingerprint density at radius 2 is 1.93 bits per heavy atom. The smallest absolute Gasteiger partial charge is 0.337 e. The van der Waals surface area contributed by atoms with E-state index >= 15 is 0 Å². The first-order chi connectivity index (χ1) is 14.5. The van der Waals surface area contributed by atoms with Gasteiger partial charge in [-0.2, -0.15) is 10.2 Å². The topological polar surface area (TPSA) is 147 Å². The van der Waals surface area contributed by atoms with E-state index in [0.29, 0.717) is 11.1 Å². The molecule has 0 bridgehead atoms. The van der Waals surface area contributed by atoms with Crippen molar-refractivity contribution in [2.24, 2.45) is 0 Å². The standard InChI is InChI=1S/C20H15N5O5/c1-29-18-15(10-23-20(25-18)30-2)12-6-13(9-22-8-12)17(26)24-16-4-3-11(7-21)5-14(16)19(27)28/h3-6,8-10H,1-2H3,(H,24,26)(H,27,28). The third-order valence-corrected chi connectivity index (χ3v) is 4.05. The number of carboxylic acid groups (broad SMARTS) is 1. The summed E-state index contributed by atoms with van der Waals surface area (Å²) >= 11 is 0. The second-order valence-electron chi connectivity index (χ2n) is 5.87. The highest BCUT2D eigenvalue weighted by molar-refractivity contribution is 6.08. The van der Waals surface area contributed by atoms with E-state index in [1.165, 1.54) is 51.0 Å². The lowest BCUT2D eigenvalue weighted by Crippen LogP contribution is -2.15. The molecule has 0 atom stereocenters. The van der Waals surface area contributed by atoms with Gasteiger partial charge in [0.1, 0.15) is 0 Å². The van der Waals surface area contributed by atoms with Gasteiger partial charge in [0.05, 0.1) is 48.2 Å². The number of methoxy groups -OCH3 is 2. The Balaban J connectivity index is 1.93.